The molecule has 16 heavy (non-hydrogen) atoms. The van der Waals surface area contributed by atoms with E-state index in [4.69, 9.17) is 0 Å². The Hall–Kier alpha value is -1.25. The summed E-state index contributed by atoms with van der Waals surface area (Å²) in [7, 11) is 2.07. The van der Waals surface area contributed by atoms with E-state index in [2.05, 4.69) is 52.4 Å². The van der Waals surface area contributed by atoms with Gasteiger partial charge < -0.3 is 4.98 Å². The molecule has 0 unspecified atom stereocenters. The number of aryl methyl sites for hydroxylation is 2. The number of fused-ring (bicyclic) bond motifs is 1. The molecule has 0 bridgehead atoms. The molecule has 3 heteroatoms. The number of aromatic amines is 1. The van der Waals surface area contributed by atoms with Crippen molar-refractivity contribution in [1.29, 1.82) is 0 Å². The van der Waals surface area contributed by atoms with E-state index in [0.717, 1.165) is 11.1 Å². The van der Waals surface area contributed by atoms with Gasteiger partial charge in [-0.15, -0.1) is 0 Å². The summed E-state index contributed by atoms with van der Waals surface area (Å²) < 4.78 is 0. The zero-order chi connectivity index (χ0) is 12.1. The van der Waals surface area contributed by atoms with Crippen molar-refractivity contribution >= 4 is 24.3 Å². The maximum absolute atomic E-state index is 4.41. The van der Waals surface area contributed by atoms with Crippen LogP contribution in [-0.2, 0) is 5.41 Å². The van der Waals surface area contributed by atoms with Crippen LogP contribution in [0.15, 0.2) is 6.20 Å². The number of rotatable bonds is 0. The van der Waals surface area contributed by atoms with Gasteiger partial charge in [-0.05, 0) is 36.0 Å². The van der Waals surface area contributed by atoms with E-state index in [9.17, 15) is 0 Å². The Morgan fingerprint density at radius 2 is 1.88 bits per heavy atom. The van der Waals surface area contributed by atoms with Crippen LogP contribution in [-0.4, -0.2) is 17.8 Å². The molecular weight excluding hydrogens is 195 g/mol. The molecule has 2 nitrogen and oxygen atoms in total. The number of nitrogens with zero attached hydrogens (tertiary/aromatic N) is 1. The van der Waals surface area contributed by atoms with E-state index in [1.54, 1.807) is 0 Å². The molecular formula is C13H19BN2. The molecule has 84 valence electrons. The van der Waals surface area contributed by atoms with Gasteiger partial charge in [0.1, 0.15) is 0 Å². The second kappa shape index (κ2) is 3.37. The Labute approximate surface area is 97.9 Å². The number of H-pyrrole nitrogens is 1. The van der Waals surface area contributed by atoms with Gasteiger partial charge in [-0.2, -0.15) is 0 Å². The summed E-state index contributed by atoms with van der Waals surface area (Å²) in [5.74, 6) is 0. The van der Waals surface area contributed by atoms with Crippen LogP contribution < -0.4 is 5.59 Å². The summed E-state index contributed by atoms with van der Waals surface area (Å²) in [4.78, 5) is 7.85. The highest BCUT2D eigenvalue weighted by atomic mass is 14.8. The lowest BCUT2D eigenvalue weighted by Gasteiger charge is -2.20. The second-order valence-electron chi connectivity index (χ2n) is 5.63. The third-order valence-electron chi connectivity index (χ3n) is 3.27. The van der Waals surface area contributed by atoms with Gasteiger partial charge in [-0.1, -0.05) is 20.8 Å². The molecule has 0 aliphatic heterocycles. The Morgan fingerprint density at radius 1 is 1.25 bits per heavy atom. The van der Waals surface area contributed by atoms with Gasteiger partial charge in [0.2, 0.25) is 0 Å². The minimum Gasteiger partial charge on any atom is -0.357 e. The van der Waals surface area contributed by atoms with Crippen molar-refractivity contribution in [2.24, 2.45) is 0 Å². The molecule has 2 heterocycles. The van der Waals surface area contributed by atoms with Gasteiger partial charge in [0.05, 0.1) is 11.7 Å². The highest BCUT2D eigenvalue weighted by Crippen LogP contribution is 2.33. The standard InChI is InChI=1S/C13H19BN2/c1-7-10-9(6-15-12(7)14)16-8(2)11(10)13(3,4)5/h6,16H,14H2,1-5H3. The second-order valence-corrected chi connectivity index (χ2v) is 5.63. The first-order valence-electron chi connectivity index (χ1n) is 5.77. The highest BCUT2D eigenvalue weighted by Gasteiger charge is 2.22. The highest BCUT2D eigenvalue weighted by molar-refractivity contribution is 6.32. The fourth-order valence-electron chi connectivity index (χ4n) is 2.51. The lowest BCUT2D eigenvalue weighted by atomic mass is 9.83. The summed E-state index contributed by atoms with van der Waals surface area (Å²) in [6.45, 7) is 11.1. The Morgan fingerprint density at radius 3 is 2.44 bits per heavy atom. The summed E-state index contributed by atoms with van der Waals surface area (Å²) in [6, 6.07) is 0. The number of hydrogen-bond donors (Lipinski definition) is 1. The van der Waals surface area contributed by atoms with Crippen molar-refractivity contribution in [2.75, 3.05) is 0 Å². The van der Waals surface area contributed by atoms with E-state index in [-0.39, 0.29) is 5.41 Å². The normalized spacial score (nSPS) is 12.3. The van der Waals surface area contributed by atoms with Gasteiger partial charge in [0.15, 0.2) is 7.85 Å². The predicted molar refractivity (Wildman–Crippen MR) is 72.4 cm³/mol. The number of aromatic nitrogens is 2. The monoisotopic (exact) mass is 214 g/mol. The summed E-state index contributed by atoms with van der Waals surface area (Å²) in [5, 5.41) is 1.36. The third kappa shape index (κ3) is 1.55. The average Bonchev–Trinajstić information content (AvgIpc) is 2.48. The van der Waals surface area contributed by atoms with Gasteiger partial charge in [0.25, 0.3) is 0 Å². The predicted octanol–water partition coefficient (Wildman–Crippen LogP) is 1.74. The van der Waals surface area contributed by atoms with Crippen LogP contribution >= 0.6 is 0 Å². The fourth-order valence-corrected chi connectivity index (χ4v) is 2.51. The molecule has 0 aliphatic rings. The molecule has 0 radical (unpaired) electrons. The molecule has 0 fully saturated rings. The van der Waals surface area contributed by atoms with Gasteiger partial charge in [-0.25, -0.2) is 0 Å². The zero-order valence-electron chi connectivity index (χ0n) is 11.0. The van der Waals surface area contributed by atoms with Crippen LogP contribution in [0.25, 0.3) is 10.9 Å². The van der Waals surface area contributed by atoms with Crippen LogP contribution in [0.4, 0.5) is 0 Å². The zero-order valence-corrected chi connectivity index (χ0v) is 11.0. The van der Waals surface area contributed by atoms with E-state index in [1.807, 2.05) is 6.20 Å². The molecule has 0 saturated carbocycles. The van der Waals surface area contributed by atoms with Crippen LogP contribution in [0.2, 0.25) is 0 Å². The van der Waals surface area contributed by atoms with Crippen molar-refractivity contribution in [3.63, 3.8) is 0 Å². The number of hydrogen-bond acceptors (Lipinski definition) is 1. The van der Waals surface area contributed by atoms with Gasteiger partial charge in [0, 0.05) is 11.1 Å². The molecule has 0 spiro atoms. The van der Waals surface area contributed by atoms with E-state index in [0.29, 0.717) is 0 Å². The molecule has 0 aromatic carbocycles. The Balaban J connectivity index is 2.93. The molecule has 2 rings (SSSR count). The van der Waals surface area contributed by atoms with Crippen molar-refractivity contribution in [3.8, 4) is 0 Å². The lowest BCUT2D eigenvalue weighted by Crippen LogP contribution is -2.16. The minimum absolute atomic E-state index is 0.168. The number of nitrogens with one attached hydrogen (secondary N) is 1. The smallest absolute Gasteiger partial charge is 0.164 e. The van der Waals surface area contributed by atoms with Crippen LogP contribution in [0.1, 0.15) is 37.6 Å². The van der Waals surface area contributed by atoms with Gasteiger partial charge in [-0.3, -0.25) is 4.98 Å². The van der Waals surface area contributed by atoms with Crippen molar-refractivity contribution in [2.45, 2.75) is 40.0 Å². The molecule has 0 aliphatic carbocycles. The maximum Gasteiger partial charge on any atom is 0.164 e. The van der Waals surface area contributed by atoms with Crippen molar-refractivity contribution in [3.05, 3.63) is 23.0 Å². The Bertz CT molecular complexity index is 547. The lowest BCUT2D eigenvalue weighted by molar-refractivity contribution is 0.591. The average molecular weight is 214 g/mol. The molecule has 0 atom stereocenters. The van der Waals surface area contributed by atoms with E-state index < -0.39 is 0 Å². The summed E-state index contributed by atoms with van der Waals surface area (Å²) >= 11 is 0. The van der Waals surface area contributed by atoms with Crippen LogP contribution in [0, 0.1) is 13.8 Å². The summed E-state index contributed by atoms with van der Waals surface area (Å²) in [6.07, 6.45) is 1.94. The molecule has 2 aromatic rings. The first-order chi connectivity index (χ1) is 7.32. The Kier molecular flexibility index (Phi) is 2.37. The van der Waals surface area contributed by atoms with Crippen LogP contribution in [0.5, 0.6) is 0 Å². The van der Waals surface area contributed by atoms with Crippen LogP contribution in [0.3, 0.4) is 0 Å². The SMILES string of the molecule is Bc1ncc2[nH]c(C)c(C(C)(C)C)c2c1C. The molecule has 2 aromatic heterocycles. The minimum atomic E-state index is 0.168. The van der Waals surface area contributed by atoms with Crippen molar-refractivity contribution < 1.29 is 0 Å². The first-order valence-corrected chi connectivity index (χ1v) is 5.77. The topological polar surface area (TPSA) is 28.7 Å². The van der Waals surface area contributed by atoms with E-state index in [1.165, 1.54) is 22.2 Å². The van der Waals surface area contributed by atoms with Gasteiger partial charge >= 0.3 is 0 Å². The molecule has 0 saturated heterocycles. The fraction of sp³-hybridized carbons (Fsp3) is 0.462. The number of pyridine rings is 1. The van der Waals surface area contributed by atoms with E-state index >= 15 is 0 Å². The maximum atomic E-state index is 4.41. The molecule has 0 amide bonds. The largest absolute Gasteiger partial charge is 0.357 e. The first kappa shape index (κ1) is 11.2. The quantitative estimate of drug-likeness (QED) is 0.665. The molecule has 1 N–H and O–H groups in total. The third-order valence-corrected chi connectivity index (χ3v) is 3.27. The summed E-state index contributed by atoms with van der Waals surface area (Å²) in [5.41, 5.74) is 6.43. The van der Waals surface area contributed by atoms with Crippen molar-refractivity contribution in [1.82, 2.24) is 9.97 Å².